The van der Waals surface area contributed by atoms with Crippen LogP contribution in [0.1, 0.15) is 23.3 Å². The Hall–Kier alpha value is -2.83. The lowest BCUT2D eigenvalue weighted by molar-refractivity contribution is -0.117. The van der Waals surface area contributed by atoms with Gasteiger partial charge in [0.05, 0.1) is 6.20 Å². The Morgan fingerprint density at radius 1 is 1.12 bits per heavy atom. The smallest absolute Gasteiger partial charge is 0.274 e. The van der Waals surface area contributed by atoms with E-state index in [0.717, 1.165) is 6.42 Å². The van der Waals surface area contributed by atoms with Gasteiger partial charge in [-0.05, 0) is 18.6 Å². The summed E-state index contributed by atoms with van der Waals surface area (Å²) in [6.07, 6.45) is 7.49. The number of aromatic nitrogens is 3. The third kappa shape index (κ3) is 2.51. The molecule has 2 amide bonds. The first kappa shape index (κ1) is 14.7. The van der Waals surface area contributed by atoms with Gasteiger partial charge in [-0.3, -0.25) is 19.5 Å². The number of anilines is 1. The Kier molecular flexibility index (Phi) is 3.48. The van der Waals surface area contributed by atoms with Crippen LogP contribution in [0, 0.1) is 5.41 Å². The molecule has 7 nitrogen and oxygen atoms in total. The number of amides is 2. The van der Waals surface area contributed by atoms with Crippen LogP contribution in [0.5, 0.6) is 0 Å². The fourth-order valence-corrected chi connectivity index (χ4v) is 3.57. The molecule has 0 aromatic carbocycles. The molecule has 0 bridgehead atoms. The second kappa shape index (κ2) is 5.67. The molecule has 24 heavy (non-hydrogen) atoms. The topological polar surface area (TPSA) is 79.3 Å². The molecule has 0 saturated carbocycles. The third-order valence-electron chi connectivity index (χ3n) is 4.75. The fraction of sp³-hybridized carbons (Fsp3) is 0.353. The molecule has 2 aliphatic rings. The van der Waals surface area contributed by atoms with Crippen molar-refractivity contribution >= 4 is 17.6 Å². The van der Waals surface area contributed by atoms with Crippen molar-refractivity contribution in [3.63, 3.8) is 0 Å². The number of nitrogens with zero attached hydrogens (tertiary/aromatic N) is 5. The van der Waals surface area contributed by atoms with Crippen LogP contribution in [-0.2, 0) is 4.79 Å². The number of likely N-dealkylation sites (tertiary alicyclic amines) is 1. The van der Waals surface area contributed by atoms with Gasteiger partial charge in [0.1, 0.15) is 11.5 Å². The van der Waals surface area contributed by atoms with Gasteiger partial charge in [-0.1, -0.05) is 6.07 Å². The van der Waals surface area contributed by atoms with E-state index < -0.39 is 0 Å². The van der Waals surface area contributed by atoms with E-state index in [1.165, 1.54) is 12.4 Å². The minimum absolute atomic E-state index is 0.0718. The summed E-state index contributed by atoms with van der Waals surface area (Å²) in [6.45, 7) is 1.81. The summed E-state index contributed by atoms with van der Waals surface area (Å²) < 4.78 is 0. The van der Waals surface area contributed by atoms with Crippen molar-refractivity contribution < 1.29 is 9.59 Å². The van der Waals surface area contributed by atoms with Crippen molar-refractivity contribution in [1.82, 2.24) is 19.9 Å². The van der Waals surface area contributed by atoms with E-state index in [9.17, 15) is 9.59 Å². The summed E-state index contributed by atoms with van der Waals surface area (Å²) in [6, 6.07) is 5.55. The van der Waals surface area contributed by atoms with Crippen LogP contribution < -0.4 is 4.90 Å². The monoisotopic (exact) mass is 323 g/mol. The normalized spacial score (nSPS) is 23.2. The van der Waals surface area contributed by atoms with E-state index in [-0.39, 0.29) is 17.2 Å². The first-order valence-electron chi connectivity index (χ1n) is 7.94. The van der Waals surface area contributed by atoms with Crippen LogP contribution in [-0.4, -0.2) is 51.3 Å². The molecule has 1 spiro atoms. The Balaban J connectivity index is 1.50. The highest BCUT2D eigenvalue weighted by atomic mass is 16.2. The highest BCUT2D eigenvalue weighted by Gasteiger charge is 2.49. The van der Waals surface area contributed by atoms with Crippen LogP contribution in [0.3, 0.4) is 0 Å². The molecule has 1 atom stereocenters. The number of carbonyl (C=O) groups excluding carboxylic acids is 2. The Morgan fingerprint density at radius 3 is 2.79 bits per heavy atom. The first-order valence-corrected chi connectivity index (χ1v) is 7.94. The van der Waals surface area contributed by atoms with Crippen LogP contribution in [0.25, 0.3) is 0 Å². The number of rotatable bonds is 2. The molecule has 4 heterocycles. The largest absolute Gasteiger partial charge is 0.337 e. The zero-order valence-corrected chi connectivity index (χ0v) is 13.1. The van der Waals surface area contributed by atoms with Gasteiger partial charge in [-0.25, -0.2) is 9.97 Å². The minimum Gasteiger partial charge on any atom is -0.337 e. The second-order valence-corrected chi connectivity index (χ2v) is 6.41. The molecule has 0 N–H and O–H groups in total. The number of pyridine rings is 1. The lowest BCUT2D eigenvalue weighted by Crippen LogP contribution is -2.34. The van der Waals surface area contributed by atoms with E-state index in [1.807, 2.05) is 18.2 Å². The summed E-state index contributed by atoms with van der Waals surface area (Å²) in [5, 5.41) is 0. The molecule has 4 rings (SSSR count). The van der Waals surface area contributed by atoms with Gasteiger partial charge in [-0.15, -0.1) is 0 Å². The van der Waals surface area contributed by atoms with E-state index >= 15 is 0 Å². The average molecular weight is 323 g/mol. The van der Waals surface area contributed by atoms with Crippen LogP contribution in [0.15, 0.2) is 43.0 Å². The third-order valence-corrected chi connectivity index (χ3v) is 4.75. The molecule has 2 fully saturated rings. The van der Waals surface area contributed by atoms with Crippen molar-refractivity contribution in [2.75, 3.05) is 24.5 Å². The summed E-state index contributed by atoms with van der Waals surface area (Å²) in [5.74, 6) is 0.629. The van der Waals surface area contributed by atoms with Gasteiger partial charge in [-0.2, -0.15) is 0 Å². The molecule has 0 aliphatic carbocycles. The lowest BCUT2D eigenvalue weighted by atomic mass is 9.86. The SMILES string of the molecule is O=C(c1cnccn1)N1CC[C@@]2(CC(=O)N(c3ccccn3)C2)C1. The lowest BCUT2D eigenvalue weighted by Gasteiger charge is -2.23. The minimum atomic E-state index is -0.188. The molecule has 7 heteroatoms. The van der Waals surface area contributed by atoms with Gasteiger partial charge >= 0.3 is 0 Å². The van der Waals surface area contributed by atoms with Crippen molar-refractivity contribution in [3.05, 3.63) is 48.7 Å². The predicted octanol–water partition coefficient (Wildman–Crippen LogP) is 1.14. The number of hydrogen-bond acceptors (Lipinski definition) is 5. The summed E-state index contributed by atoms with van der Waals surface area (Å²) in [4.78, 5) is 40.8. The molecular formula is C17H17N5O2. The number of hydrogen-bond donors (Lipinski definition) is 0. The molecule has 0 unspecified atom stereocenters. The maximum absolute atomic E-state index is 12.5. The second-order valence-electron chi connectivity index (χ2n) is 6.41. The standard InChI is InChI=1S/C17H17N5O2/c23-15-9-17(12-22(15)14-3-1-2-5-20-14)4-8-21(11-17)16(24)13-10-18-6-7-19-13/h1-3,5-7,10H,4,8-9,11-12H2/t17-/m1/s1. The van der Waals surface area contributed by atoms with E-state index in [0.29, 0.717) is 37.6 Å². The number of carbonyl (C=O) groups is 2. The molecule has 2 saturated heterocycles. The van der Waals surface area contributed by atoms with Gasteiger partial charge in [0, 0.05) is 50.1 Å². The molecule has 0 radical (unpaired) electrons. The van der Waals surface area contributed by atoms with Crippen LogP contribution in [0.4, 0.5) is 5.82 Å². The maximum Gasteiger partial charge on any atom is 0.274 e. The maximum atomic E-state index is 12.5. The van der Waals surface area contributed by atoms with Crippen molar-refractivity contribution in [2.24, 2.45) is 5.41 Å². The van der Waals surface area contributed by atoms with Gasteiger partial charge in [0.25, 0.3) is 5.91 Å². The highest BCUT2D eigenvalue weighted by Crippen LogP contribution is 2.41. The van der Waals surface area contributed by atoms with E-state index in [4.69, 9.17) is 0 Å². The van der Waals surface area contributed by atoms with Crippen LogP contribution in [0.2, 0.25) is 0 Å². The van der Waals surface area contributed by atoms with Gasteiger partial charge in [0.2, 0.25) is 5.91 Å². The highest BCUT2D eigenvalue weighted by molar-refractivity contribution is 5.96. The molecular weight excluding hydrogens is 306 g/mol. The Labute approximate surface area is 139 Å². The summed E-state index contributed by atoms with van der Waals surface area (Å²) in [5.41, 5.74) is 0.160. The first-order chi connectivity index (χ1) is 11.7. The van der Waals surface area contributed by atoms with E-state index in [2.05, 4.69) is 15.0 Å². The quantitative estimate of drug-likeness (QED) is 0.828. The molecule has 122 valence electrons. The van der Waals surface area contributed by atoms with Crippen molar-refractivity contribution in [2.45, 2.75) is 12.8 Å². The zero-order chi connectivity index (χ0) is 16.6. The Morgan fingerprint density at radius 2 is 2.04 bits per heavy atom. The van der Waals surface area contributed by atoms with Gasteiger partial charge < -0.3 is 4.90 Å². The average Bonchev–Trinajstić information content (AvgIpc) is 3.19. The zero-order valence-electron chi connectivity index (χ0n) is 13.1. The Bertz CT molecular complexity index is 767. The summed E-state index contributed by atoms with van der Waals surface area (Å²) >= 11 is 0. The molecule has 2 aromatic rings. The van der Waals surface area contributed by atoms with Gasteiger partial charge in [0.15, 0.2) is 0 Å². The molecule has 2 aromatic heterocycles. The van der Waals surface area contributed by atoms with Crippen molar-refractivity contribution in [1.29, 1.82) is 0 Å². The van der Waals surface area contributed by atoms with Crippen molar-refractivity contribution in [3.8, 4) is 0 Å². The predicted molar refractivity (Wildman–Crippen MR) is 86.2 cm³/mol. The summed E-state index contributed by atoms with van der Waals surface area (Å²) in [7, 11) is 0. The van der Waals surface area contributed by atoms with Crippen LogP contribution >= 0.6 is 0 Å². The fourth-order valence-electron chi connectivity index (χ4n) is 3.57. The van der Waals surface area contributed by atoms with E-state index in [1.54, 1.807) is 22.2 Å². The molecule has 2 aliphatic heterocycles.